The molecule has 1 aromatic carbocycles. The SMILES string of the molecule is Cc1ccc(C)c(S(=O)(=O)NC2CCC(C)(C)CC2)c1N. The van der Waals surface area contributed by atoms with Crippen LogP contribution in [0.4, 0.5) is 5.69 Å². The van der Waals surface area contributed by atoms with E-state index in [4.69, 9.17) is 5.73 Å². The van der Waals surface area contributed by atoms with Crippen molar-refractivity contribution in [3.05, 3.63) is 23.3 Å². The molecule has 0 aromatic heterocycles. The van der Waals surface area contributed by atoms with Crippen LogP contribution in [0.1, 0.15) is 50.7 Å². The Labute approximate surface area is 128 Å². The molecule has 118 valence electrons. The first-order valence-electron chi connectivity index (χ1n) is 7.50. The van der Waals surface area contributed by atoms with Gasteiger partial charge >= 0.3 is 0 Å². The summed E-state index contributed by atoms with van der Waals surface area (Å²) in [5.74, 6) is 0. The van der Waals surface area contributed by atoms with Gasteiger partial charge in [-0.2, -0.15) is 0 Å². The van der Waals surface area contributed by atoms with Gasteiger partial charge in [0.25, 0.3) is 0 Å². The normalized spacial score (nSPS) is 19.6. The van der Waals surface area contributed by atoms with Crippen molar-refractivity contribution in [1.29, 1.82) is 0 Å². The Morgan fingerprint density at radius 1 is 1.14 bits per heavy atom. The number of nitrogens with one attached hydrogen (secondary N) is 1. The number of benzene rings is 1. The first kappa shape index (κ1) is 16.3. The minimum absolute atomic E-state index is 0.0161. The van der Waals surface area contributed by atoms with E-state index < -0.39 is 10.0 Å². The lowest BCUT2D eigenvalue weighted by Crippen LogP contribution is -2.39. The first-order chi connectivity index (χ1) is 9.62. The number of anilines is 1. The zero-order valence-electron chi connectivity index (χ0n) is 13.4. The molecule has 4 nitrogen and oxygen atoms in total. The minimum atomic E-state index is -3.56. The highest BCUT2D eigenvalue weighted by atomic mass is 32.2. The molecular weight excluding hydrogens is 284 g/mol. The predicted octanol–water partition coefficient (Wildman–Crippen LogP) is 3.13. The van der Waals surface area contributed by atoms with E-state index in [1.165, 1.54) is 0 Å². The lowest BCUT2D eigenvalue weighted by Gasteiger charge is -2.34. The highest BCUT2D eigenvalue weighted by Crippen LogP contribution is 2.36. The molecule has 2 rings (SSSR count). The fraction of sp³-hybridized carbons (Fsp3) is 0.625. The van der Waals surface area contributed by atoms with Gasteiger partial charge in [-0.3, -0.25) is 0 Å². The van der Waals surface area contributed by atoms with Crippen molar-refractivity contribution < 1.29 is 8.42 Å². The van der Waals surface area contributed by atoms with Gasteiger partial charge in [0.05, 0.1) is 5.69 Å². The Balaban J connectivity index is 2.22. The van der Waals surface area contributed by atoms with Crippen molar-refractivity contribution in [2.24, 2.45) is 5.41 Å². The fourth-order valence-electron chi connectivity index (χ4n) is 2.96. The maximum Gasteiger partial charge on any atom is 0.243 e. The molecule has 0 unspecified atom stereocenters. The van der Waals surface area contributed by atoms with Crippen molar-refractivity contribution in [2.75, 3.05) is 5.73 Å². The molecule has 0 bridgehead atoms. The number of aryl methyl sites for hydroxylation is 2. The molecule has 3 N–H and O–H groups in total. The van der Waals surface area contributed by atoms with Crippen molar-refractivity contribution in [3.8, 4) is 0 Å². The molecule has 21 heavy (non-hydrogen) atoms. The summed E-state index contributed by atoms with van der Waals surface area (Å²) in [6, 6.07) is 3.68. The van der Waals surface area contributed by atoms with E-state index in [9.17, 15) is 8.42 Å². The topological polar surface area (TPSA) is 72.2 Å². The summed E-state index contributed by atoms with van der Waals surface area (Å²) < 4.78 is 28.2. The van der Waals surface area contributed by atoms with Gasteiger partial charge < -0.3 is 5.73 Å². The molecule has 1 aromatic rings. The molecule has 0 atom stereocenters. The van der Waals surface area contributed by atoms with Crippen LogP contribution in [-0.2, 0) is 10.0 Å². The highest BCUT2D eigenvalue weighted by molar-refractivity contribution is 7.89. The molecule has 1 saturated carbocycles. The summed E-state index contributed by atoms with van der Waals surface area (Å²) in [6.07, 6.45) is 3.86. The maximum absolute atomic E-state index is 12.7. The van der Waals surface area contributed by atoms with Crippen LogP contribution in [-0.4, -0.2) is 14.5 Å². The van der Waals surface area contributed by atoms with Gasteiger partial charge in [-0.15, -0.1) is 0 Å². The molecular formula is C16H26N2O2S. The van der Waals surface area contributed by atoms with Gasteiger partial charge in [0.1, 0.15) is 4.90 Å². The van der Waals surface area contributed by atoms with Gasteiger partial charge in [0, 0.05) is 6.04 Å². The van der Waals surface area contributed by atoms with Crippen LogP contribution in [0.5, 0.6) is 0 Å². The zero-order chi connectivity index (χ0) is 15.8. The third kappa shape index (κ3) is 3.58. The fourth-order valence-corrected chi connectivity index (χ4v) is 4.69. The lowest BCUT2D eigenvalue weighted by molar-refractivity contribution is 0.218. The van der Waals surface area contributed by atoms with Crippen LogP contribution in [0.15, 0.2) is 17.0 Å². The Hall–Kier alpha value is -1.07. The third-order valence-corrected chi connectivity index (χ3v) is 6.26. The largest absolute Gasteiger partial charge is 0.397 e. The number of hydrogen-bond donors (Lipinski definition) is 2. The number of hydrogen-bond acceptors (Lipinski definition) is 3. The molecule has 0 radical (unpaired) electrons. The Kier molecular flexibility index (Phi) is 4.36. The summed E-state index contributed by atoms with van der Waals surface area (Å²) in [7, 11) is -3.56. The van der Waals surface area contributed by atoms with Crippen molar-refractivity contribution in [2.45, 2.75) is 64.3 Å². The van der Waals surface area contributed by atoms with Crippen LogP contribution < -0.4 is 10.5 Å². The smallest absolute Gasteiger partial charge is 0.243 e. The number of rotatable bonds is 3. The second kappa shape index (κ2) is 5.61. The van der Waals surface area contributed by atoms with Crippen LogP contribution >= 0.6 is 0 Å². The van der Waals surface area contributed by atoms with Crippen LogP contribution in [0.25, 0.3) is 0 Å². The predicted molar refractivity (Wildman–Crippen MR) is 86.7 cm³/mol. The molecule has 5 heteroatoms. The molecule has 0 heterocycles. The van der Waals surface area contributed by atoms with Gasteiger partial charge in [0.2, 0.25) is 10.0 Å². The standard InChI is InChI=1S/C16H26N2O2S/c1-11-5-6-12(2)15(14(11)17)21(19,20)18-13-7-9-16(3,4)10-8-13/h5-6,13,18H,7-10,17H2,1-4H3. The quantitative estimate of drug-likeness (QED) is 0.842. The minimum Gasteiger partial charge on any atom is -0.397 e. The van der Waals surface area contributed by atoms with Gasteiger partial charge in [-0.1, -0.05) is 26.0 Å². The molecule has 0 saturated heterocycles. The summed E-state index contributed by atoms with van der Waals surface area (Å²) in [4.78, 5) is 0.243. The van der Waals surface area contributed by atoms with E-state index in [-0.39, 0.29) is 10.9 Å². The van der Waals surface area contributed by atoms with Crippen LogP contribution in [0, 0.1) is 19.3 Å². The van der Waals surface area contributed by atoms with Crippen molar-refractivity contribution in [1.82, 2.24) is 4.72 Å². The van der Waals surface area contributed by atoms with E-state index in [2.05, 4.69) is 18.6 Å². The van der Waals surface area contributed by atoms with Crippen LogP contribution in [0.3, 0.4) is 0 Å². The van der Waals surface area contributed by atoms with E-state index in [1.807, 2.05) is 19.1 Å². The molecule has 0 amide bonds. The number of sulfonamides is 1. The Morgan fingerprint density at radius 3 is 2.24 bits per heavy atom. The average Bonchev–Trinajstić information content (AvgIpc) is 2.36. The Morgan fingerprint density at radius 2 is 1.67 bits per heavy atom. The molecule has 0 aliphatic heterocycles. The summed E-state index contributed by atoms with van der Waals surface area (Å²) in [5.41, 5.74) is 8.17. The summed E-state index contributed by atoms with van der Waals surface area (Å²) in [5, 5.41) is 0. The summed E-state index contributed by atoms with van der Waals surface area (Å²) >= 11 is 0. The third-order valence-electron chi connectivity index (χ3n) is 4.54. The summed E-state index contributed by atoms with van der Waals surface area (Å²) in [6.45, 7) is 8.09. The van der Waals surface area contributed by atoms with Crippen molar-refractivity contribution in [3.63, 3.8) is 0 Å². The second-order valence-electron chi connectivity index (χ2n) is 7.00. The monoisotopic (exact) mass is 310 g/mol. The highest BCUT2D eigenvalue weighted by Gasteiger charge is 2.31. The van der Waals surface area contributed by atoms with Crippen LogP contribution in [0.2, 0.25) is 0 Å². The average molecular weight is 310 g/mol. The number of nitrogen functional groups attached to an aromatic ring is 1. The van der Waals surface area contributed by atoms with E-state index >= 15 is 0 Å². The van der Waals surface area contributed by atoms with E-state index in [0.29, 0.717) is 16.7 Å². The molecule has 1 fully saturated rings. The molecule has 1 aliphatic rings. The van der Waals surface area contributed by atoms with Gasteiger partial charge in [-0.05, 0) is 56.1 Å². The van der Waals surface area contributed by atoms with Crippen molar-refractivity contribution >= 4 is 15.7 Å². The lowest BCUT2D eigenvalue weighted by atomic mass is 9.76. The molecule has 1 aliphatic carbocycles. The second-order valence-corrected chi connectivity index (χ2v) is 8.65. The zero-order valence-corrected chi connectivity index (χ0v) is 14.2. The van der Waals surface area contributed by atoms with Gasteiger partial charge in [-0.25, -0.2) is 13.1 Å². The Bertz CT molecular complexity index is 626. The first-order valence-corrected chi connectivity index (χ1v) is 8.99. The number of nitrogens with two attached hydrogens (primary N) is 1. The molecule has 0 spiro atoms. The van der Waals surface area contributed by atoms with E-state index in [0.717, 1.165) is 31.2 Å². The van der Waals surface area contributed by atoms with E-state index in [1.54, 1.807) is 6.92 Å². The van der Waals surface area contributed by atoms with Gasteiger partial charge in [0.15, 0.2) is 0 Å². The maximum atomic E-state index is 12.7.